The summed E-state index contributed by atoms with van der Waals surface area (Å²) in [7, 11) is 0. The van der Waals surface area contributed by atoms with Crippen LogP contribution in [0.25, 0.3) is 0 Å². The van der Waals surface area contributed by atoms with Gasteiger partial charge in [-0.15, -0.1) is 0 Å². The molecule has 0 saturated carbocycles. The summed E-state index contributed by atoms with van der Waals surface area (Å²) in [5.74, 6) is 0.689. The molecular weight excluding hydrogens is 266 g/mol. The van der Waals surface area contributed by atoms with Crippen LogP contribution >= 0.6 is 0 Å². The number of carbonyl (C=O) groups is 2. The number of rotatable bonds is 5. The van der Waals surface area contributed by atoms with Crippen LogP contribution in [0.3, 0.4) is 0 Å². The van der Waals surface area contributed by atoms with Gasteiger partial charge in [-0.25, -0.2) is 0 Å². The minimum Gasteiger partial charge on any atom is -0.345 e. The summed E-state index contributed by atoms with van der Waals surface area (Å²) < 4.78 is 0. The summed E-state index contributed by atoms with van der Waals surface area (Å²) in [6.07, 6.45) is 5.94. The highest BCUT2D eigenvalue weighted by Crippen LogP contribution is 2.17. The number of carbonyl (C=O) groups excluding carboxylic acids is 2. The molecule has 5 nitrogen and oxygen atoms in total. The van der Waals surface area contributed by atoms with E-state index in [0.717, 1.165) is 45.3 Å². The average molecular weight is 295 g/mol. The van der Waals surface area contributed by atoms with Gasteiger partial charge < -0.3 is 15.5 Å². The van der Waals surface area contributed by atoms with E-state index in [1.165, 1.54) is 6.42 Å². The number of piperidine rings is 1. The van der Waals surface area contributed by atoms with E-state index in [9.17, 15) is 9.59 Å². The van der Waals surface area contributed by atoms with Crippen molar-refractivity contribution in [3.05, 3.63) is 0 Å². The summed E-state index contributed by atoms with van der Waals surface area (Å²) in [4.78, 5) is 26.3. The Morgan fingerprint density at radius 1 is 1.33 bits per heavy atom. The predicted octanol–water partition coefficient (Wildman–Crippen LogP) is 1.28. The van der Waals surface area contributed by atoms with Crippen molar-refractivity contribution in [2.45, 2.75) is 64.5 Å². The van der Waals surface area contributed by atoms with Crippen molar-refractivity contribution in [3.63, 3.8) is 0 Å². The van der Waals surface area contributed by atoms with Gasteiger partial charge >= 0.3 is 0 Å². The Bertz CT molecular complexity index is 367. The molecular formula is C16H29N3O2. The summed E-state index contributed by atoms with van der Waals surface area (Å²) in [6.45, 7) is 6.81. The van der Waals surface area contributed by atoms with Crippen molar-refractivity contribution in [1.82, 2.24) is 15.5 Å². The van der Waals surface area contributed by atoms with Gasteiger partial charge in [-0.05, 0) is 65.0 Å². The van der Waals surface area contributed by atoms with Crippen LogP contribution in [-0.2, 0) is 9.59 Å². The molecule has 3 unspecified atom stereocenters. The molecule has 0 bridgehead atoms. The smallest absolute Gasteiger partial charge is 0.245 e. The largest absolute Gasteiger partial charge is 0.345 e. The Morgan fingerprint density at radius 3 is 2.81 bits per heavy atom. The Morgan fingerprint density at radius 2 is 2.14 bits per heavy atom. The van der Waals surface area contributed by atoms with E-state index in [1.807, 2.05) is 4.90 Å². The van der Waals surface area contributed by atoms with Crippen molar-refractivity contribution in [2.75, 3.05) is 19.6 Å². The maximum atomic E-state index is 12.4. The number of amides is 2. The SMILES string of the molecule is CC(NC(=O)CCC1CCNC1)C(=O)N1CCCCC1C. The molecule has 2 N–H and O–H groups in total. The molecule has 2 saturated heterocycles. The van der Waals surface area contributed by atoms with E-state index in [0.29, 0.717) is 18.4 Å². The Kier molecular flexibility index (Phi) is 6.03. The molecule has 2 heterocycles. The fourth-order valence-corrected chi connectivity index (χ4v) is 3.35. The van der Waals surface area contributed by atoms with Crippen molar-refractivity contribution in [2.24, 2.45) is 5.92 Å². The third kappa shape index (κ3) is 4.70. The maximum Gasteiger partial charge on any atom is 0.245 e. The molecule has 0 aliphatic carbocycles. The Balaban J connectivity index is 1.72. The number of hydrogen-bond donors (Lipinski definition) is 2. The molecule has 0 aromatic carbocycles. The number of nitrogens with zero attached hydrogens (tertiary/aromatic N) is 1. The maximum absolute atomic E-state index is 12.4. The summed E-state index contributed by atoms with van der Waals surface area (Å²) in [5, 5.41) is 6.18. The highest BCUT2D eigenvalue weighted by molar-refractivity contribution is 5.87. The molecule has 0 radical (unpaired) electrons. The first-order valence-corrected chi connectivity index (χ1v) is 8.38. The fourth-order valence-electron chi connectivity index (χ4n) is 3.35. The second-order valence-corrected chi connectivity index (χ2v) is 6.56. The van der Waals surface area contributed by atoms with Crippen LogP contribution in [0.2, 0.25) is 0 Å². The van der Waals surface area contributed by atoms with E-state index in [1.54, 1.807) is 6.92 Å². The summed E-state index contributed by atoms with van der Waals surface area (Å²) in [5.41, 5.74) is 0. The molecule has 5 heteroatoms. The topological polar surface area (TPSA) is 61.4 Å². The van der Waals surface area contributed by atoms with Crippen LogP contribution in [0.5, 0.6) is 0 Å². The lowest BCUT2D eigenvalue weighted by molar-refractivity contribution is -0.138. The van der Waals surface area contributed by atoms with Crippen LogP contribution in [0.1, 0.15) is 52.4 Å². The van der Waals surface area contributed by atoms with Gasteiger partial charge in [0.15, 0.2) is 0 Å². The molecule has 2 aliphatic heterocycles. The van der Waals surface area contributed by atoms with Crippen LogP contribution in [0.15, 0.2) is 0 Å². The van der Waals surface area contributed by atoms with Crippen LogP contribution in [0.4, 0.5) is 0 Å². The summed E-state index contributed by atoms with van der Waals surface area (Å²) >= 11 is 0. The zero-order chi connectivity index (χ0) is 15.2. The van der Waals surface area contributed by atoms with Gasteiger partial charge in [0.1, 0.15) is 6.04 Å². The van der Waals surface area contributed by atoms with Crippen molar-refractivity contribution >= 4 is 11.8 Å². The quantitative estimate of drug-likeness (QED) is 0.803. The minimum absolute atomic E-state index is 0.00686. The molecule has 3 atom stereocenters. The lowest BCUT2D eigenvalue weighted by atomic mass is 10.0. The van der Waals surface area contributed by atoms with Gasteiger partial charge in [0.05, 0.1) is 0 Å². The Hall–Kier alpha value is -1.10. The molecule has 2 fully saturated rings. The number of hydrogen-bond acceptors (Lipinski definition) is 3. The molecule has 2 aliphatic rings. The molecule has 2 rings (SSSR count). The van der Waals surface area contributed by atoms with E-state index in [4.69, 9.17) is 0 Å². The second-order valence-electron chi connectivity index (χ2n) is 6.56. The normalized spacial score (nSPS) is 27.4. The molecule has 120 valence electrons. The van der Waals surface area contributed by atoms with Crippen LogP contribution < -0.4 is 10.6 Å². The molecule has 0 aromatic heterocycles. The van der Waals surface area contributed by atoms with E-state index in [-0.39, 0.29) is 11.8 Å². The molecule has 0 aromatic rings. The van der Waals surface area contributed by atoms with E-state index >= 15 is 0 Å². The average Bonchev–Trinajstić information content (AvgIpc) is 2.98. The van der Waals surface area contributed by atoms with Crippen molar-refractivity contribution < 1.29 is 9.59 Å². The third-order valence-corrected chi connectivity index (χ3v) is 4.78. The van der Waals surface area contributed by atoms with Crippen molar-refractivity contribution in [3.8, 4) is 0 Å². The van der Waals surface area contributed by atoms with E-state index in [2.05, 4.69) is 17.6 Å². The molecule has 2 amide bonds. The first-order valence-electron chi connectivity index (χ1n) is 8.38. The van der Waals surface area contributed by atoms with Gasteiger partial charge in [0, 0.05) is 19.0 Å². The predicted molar refractivity (Wildman–Crippen MR) is 82.8 cm³/mol. The first-order chi connectivity index (χ1) is 10.1. The van der Waals surface area contributed by atoms with Gasteiger partial charge in [0.25, 0.3) is 0 Å². The zero-order valence-corrected chi connectivity index (χ0v) is 13.4. The minimum atomic E-state index is -0.403. The van der Waals surface area contributed by atoms with Crippen LogP contribution in [0, 0.1) is 5.92 Å². The van der Waals surface area contributed by atoms with Gasteiger partial charge in [-0.1, -0.05) is 0 Å². The van der Waals surface area contributed by atoms with Gasteiger partial charge in [0.2, 0.25) is 11.8 Å². The zero-order valence-electron chi connectivity index (χ0n) is 13.4. The molecule has 0 spiro atoms. The summed E-state index contributed by atoms with van der Waals surface area (Å²) in [6, 6.07) is -0.102. The number of likely N-dealkylation sites (tertiary alicyclic amines) is 1. The highest BCUT2D eigenvalue weighted by Gasteiger charge is 2.27. The number of nitrogens with one attached hydrogen (secondary N) is 2. The first kappa shape index (κ1) is 16.3. The Labute approximate surface area is 127 Å². The fraction of sp³-hybridized carbons (Fsp3) is 0.875. The van der Waals surface area contributed by atoms with Crippen LogP contribution in [-0.4, -0.2) is 48.4 Å². The lowest BCUT2D eigenvalue weighted by Crippen LogP contribution is -2.51. The van der Waals surface area contributed by atoms with Gasteiger partial charge in [-0.2, -0.15) is 0 Å². The van der Waals surface area contributed by atoms with Crippen molar-refractivity contribution in [1.29, 1.82) is 0 Å². The van der Waals surface area contributed by atoms with Gasteiger partial charge in [-0.3, -0.25) is 9.59 Å². The van der Waals surface area contributed by atoms with E-state index < -0.39 is 6.04 Å². The third-order valence-electron chi connectivity index (χ3n) is 4.78. The lowest BCUT2D eigenvalue weighted by Gasteiger charge is -2.35. The molecule has 21 heavy (non-hydrogen) atoms. The monoisotopic (exact) mass is 295 g/mol. The standard InChI is InChI=1S/C16H29N3O2/c1-12-5-3-4-10-19(12)16(21)13(2)18-15(20)7-6-14-8-9-17-11-14/h12-14,17H,3-11H2,1-2H3,(H,18,20). The highest BCUT2D eigenvalue weighted by atomic mass is 16.2. The second kappa shape index (κ2) is 7.78.